The van der Waals surface area contributed by atoms with Crippen molar-refractivity contribution in [3.05, 3.63) is 71.3 Å². The number of nitrogens with zero attached hydrogens (tertiary/aromatic N) is 1. The highest BCUT2D eigenvalue weighted by Crippen LogP contribution is 2.29. The van der Waals surface area contributed by atoms with Crippen LogP contribution < -0.4 is 5.32 Å². The second-order valence-corrected chi connectivity index (χ2v) is 9.54. The Morgan fingerprint density at radius 1 is 1.00 bits per heavy atom. The summed E-state index contributed by atoms with van der Waals surface area (Å²) in [7, 11) is -3.08. The molecule has 162 valence electrons. The van der Waals surface area contributed by atoms with E-state index in [-0.39, 0.29) is 37.0 Å². The zero-order valence-electron chi connectivity index (χ0n) is 16.2. The third-order valence-corrected chi connectivity index (χ3v) is 6.71. The highest BCUT2D eigenvalue weighted by Gasteiger charge is 2.32. The first kappa shape index (κ1) is 22.3. The predicted molar refractivity (Wildman–Crippen MR) is 108 cm³/mol. The van der Waals surface area contributed by atoms with Crippen LogP contribution in [0.3, 0.4) is 0 Å². The van der Waals surface area contributed by atoms with Crippen LogP contribution in [0.2, 0.25) is 0 Å². The van der Waals surface area contributed by atoms with Gasteiger partial charge in [0.05, 0.1) is 17.1 Å². The Hall–Kier alpha value is -2.39. The fourth-order valence-corrected chi connectivity index (χ4v) is 4.66. The van der Waals surface area contributed by atoms with E-state index in [4.69, 9.17) is 0 Å². The lowest BCUT2D eigenvalue weighted by Crippen LogP contribution is -2.47. The van der Waals surface area contributed by atoms with Crippen LogP contribution in [0.25, 0.3) is 0 Å². The van der Waals surface area contributed by atoms with Crippen LogP contribution in [-0.2, 0) is 27.2 Å². The van der Waals surface area contributed by atoms with Gasteiger partial charge in [0.1, 0.15) is 6.04 Å². The van der Waals surface area contributed by atoms with Crippen LogP contribution in [0.4, 0.5) is 13.2 Å². The van der Waals surface area contributed by atoms with Crippen LogP contribution in [0.1, 0.15) is 22.7 Å². The van der Waals surface area contributed by atoms with Gasteiger partial charge in [0, 0.05) is 19.6 Å². The fraction of sp³-hybridized carbons (Fsp3) is 0.381. The lowest BCUT2D eigenvalue weighted by atomic mass is 10.0. The molecule has 0 saturated carbocycles. The number of benzene rings is 2. The summed E-state index contributed by atoms with van der Waals surface area (Å²) in [6.07, 6.45) is -3.99. The summed E-state index contributed by atoms with van der Waals surface area (Å²) >= 11 is 0. The van der Waals surface area contributed by atoms with Crippen molar-refractivity contribution in [2.75, 3.05) is 31.1 Å². The molecule has 1 aliphatic heterocycles. The largest absolute Gasteiger partial charge is 0.416 e. The number of carbonyl (C=O) groups excluding carboxylic acids is 1. The zero-order valence-corrected chi connectivity index (χ0v) is 17.0. The van der Waals surface area contributed by atoms with E-state index in [1.54, 1.807) is 0 Å². The minimum absolute atomic E-state index is 0.00909. The zero-order chi connectivity index (χ0) is 21.8. The minimum atomic E-state index is -4.38. The molecule has 2 aromatic carbocycles. The molecule has 5 nitrogen and oxygen atoms in total. The van der Waals surface area contributed by atoms with Crippen molar-refractivity contribution in [1.82, 2.24) is 10.2 Å². The standard InChI is InChI=1S/C21H23F3N2O3S/c22-21(23,24)18-8-6-16(7-9-18)10-11-25-20(27)19(17-4-2-1-3-5-17)26-12-14-30(28,29)15-13-26/h1-9,19H,10-15H2,(H,25,27). The lowest BCUT2D eigenvalue weighted by molar-refractivity contribution is -0.137. The number of carbonyl (C=O) groups is 1. The molecule has 1 aliphatic rings. The van der Waals surface area contributed by atoms with Crippen LogP contribution in [0.15, 0.2) is 54.6 Å². The van der Waals surface area contributed by atoms with Gasteiger partial charge in [-0.3, -0.25) is 9.69 Å². The van der Waals surface area contributed by atoms with Gasteiger partial charge in [-0.2, -0.15) is 13.2 Å². The van der Waals surface area contributed by atoms with E-state index in [1.807, 2.05) is 35.2 Å². The molecule has 30 heavy (non-hydrogen) atoms. The number of rotatable bonds is 6. The lowest BCUT2D eigenvalue weighted by Gasteiger charge is -2.33. The molecule has 0 spiro atoms. The Labute approximate surface area is 173 Å². The average Bonchev–Trinajstić information content (AvgIpc) is 2.70. The van der Waals surface area contributed by atoms with E-state index in [9.17, 15) is 26.4 Å². The van der Waals surface area contributed by atoms with Crippen molar-refractivity contribution in [3.63, 3.8) is 0 Å². The quantitative estimate of drug-likeness (QED) is 0.750. The minimum Gasteiger partial charge on any atom is -0.354 e. The van der Waals surface area contributed by atoms with Gasteiger partial charge in [-0.1, -0.05) is 42.5 Å². The molecule has 0 aliphatic carbocycles. The van der Waals surface area contributed by atoms with E-state index in [2.05, 4.69) is 5.32 Å². The monoisotopic (exact) mass is 440 g/mol. The molecular formula is C21H23F3N2O3S. The molecule has 2 aromatic rings. The summed E-state index contributed by atoms with van der Waals surface area (Å²) in [4.78, 5) is 14.8. The predicted octanol–water partition coefficient (Wildman–Crippen LogP) is 2.84. The molecule has 1 amide bonds. The third kappa shape index (κ3) is 5.82. The third-order valence-electron chi connectivity index (χ3n) is 5.10. The van der Waals surface area contributed by atoms with Gasteiger partial charge in [-0.25, -0.2) is 8.42 Å². The van der Waals surface area contributed by atoms with E-state index >= 15 is 0 Å². The number of nitrogens with one attached hydrogen (secondary N) is 1. The Balaban J connectivity index is 1.64. The summed E-state index contributed by atoms with van der Waals surface area (Å²) in [6, 6.07) is 13.4. The second kappa shape index (κ2) is 9.18. The Kier molecular flexibility index (Phi) is 6.82. The molecule has 1 fully saturated rings. The molecule has 1 N–H and O–H groups in total. The number of hydrogen-bond donors (Lipinski definition) is 1. The summed E-state index contributed by atoms with van der Waals surface area (Å²) in [5, 5.41) is 2.84. The Morgan fingerprint density at radius 2 is 1.60 bits per heavy atom. The Bertz CT molecular complexity index is 947. The number of sulfone groups is 1. The van der Waals surface area contributed by atoms with Crippen molar-refractivity contribution in [1.29, 1.82) is 0 Å². The molecule has 1 atom stereocenters. The first-order chi connectivity index (χ1) is 14.2. The molecule has 1 saturated heterocycles. The topological polar surface area (TPSA) is 66.5 Å². The molecule has 0 bridgehead atoms. The van der Waals surface area contributed by atoms with E-state index in [1.165, 1.54) is 12.1 Å². The van der Waals surface area contributed by atoms with Crippen LogP contribution >= 0.6 is 0 Å². The van der Waals surface area contributed by atoms with E-state index in [0.29, 0.717) is 12.0 Å². The van der Waals surface area contributed by atoms with Crippen molar-refractivity contribution in [3.8, 4) is 0 Å². The van der Waals surface area contributed by atoms with Gasteiger partial charge >= 0.3 is 6.18 Å². The molecule has 3 rings (SSSR count). The normalized spacial score (nSPS) is 18.0. The van der Waals surface area contributed by atoms with E-state index < -0.39 is 27.6 Å². The van der Waals surface area contributed by atoms with Crippen LogP contribution in [-0.4, -0.2) is 50.4 Å². The summed E-state index contributed by atoms with van der Waals surface area (Å²) in [5.41, 5.74) is 0.743. The van der Waals surface area contributed by atoms with Crippen molar-refractivity contribution in [2.24, 2.45) is 0 Å². The van der Waals surface area contributed by atoms with Crippen molar-refractivity contribution < 1.29 is 26.4 Å². The first-order valence-corrected chi connectivity index (χ1v) is 11.4. The molecular weight excluding hydrogens is 417 g/mol. The van der Waals surface area contributed by atoms with Gasteiger partial charge in [-0.05, 0) is 29.7 Å². The number of hydrogen-bond acceptors (Lipinski definition) is 4. The molecule has 0 aromatic heterocycles. The maximum Gasteiger partial charge on any atom is 0.416 e. The number of alkyl halides is 3. The van der Waals surface area contributed by atoms with Crippen LogP contribution in [0, 0.1) is 0 Å². The fourth-order valence-electron chi connectivity index (χ4n) is 3.44. The van der Waals surface area contributed by atoms with Gasteiger partial charge < -0.3 is 5.32 Å². The number of amides is 1. The maximum atomic E-state index is 12.9. The summed E-state index contributed by atoms with van der Waals surface area (Å²) in [6.45, 7) is 0.808. The van der Waals surface area contributed by atoms with Gasteiger partial charge in [0.2, 0.25) is 5.91 Å². The van der Waals surface area contributed by atoms with Gasteiger partial charge in [0.25, 0.3) is 0 Å². The van der Waals surface area contributed by atoms with Gasteiger partial charge in [0.15, 0.2) is 9.84 Å². The van der Waals surface area contributed by atoms with Crippen molar-refractivity contribution in [2.45, 2.75) is 18.6 Å². The summed E-state index contributed by atoms with van der Waals surface area (Å²) in [5.74, 6) is -0.239. The molecule has 9 heteroatoms. The summed E-state index contributed by atoms with van der Waals surface area (Å²) < 4.78 is 61.4. The molecule has 0 radical (unpaired) electrons. The second-order valence-electron chi connectivity index (χ2n) is 7.24. The highest BCUT2D eigenvalue weighted by molar-refractivity contribution is 7.91. The molecule has 1 heterocycles. The van der Waals surface area contributed by atoms with Gasteiger partial charge in [-0.15, -0.1) is 0 Å². The van der Waals surface area contributed by atoms with Crippen LogP contribution in [0.5, 0.6) is 0 Å². The van der Waals surface area contributed by atoms with E-state index in [0.717, 1.165) is 17.7 Å². The Morgan fingerprint density at radius 3 is 2.17 bits per heavy atom. The molecule has 1 unspecified atom stereocenters. The average molecular weight is 440 g/mol. The maximum absolute atomic E-state index is 12.9. The smallest absolute Gasteiger partial charge is 0.354 e. The SMILES string of the molecule is O=C(NCCc1ccc(C(F)(F)F)cc1)C(c1ccccc1)N1CCS(=O)(=O)CC1. The van der Waals surface area contributed by atoms with Crippen molar-refractivity contribution >= 4 is 15.7 Å². The first-order valence-electron chi connectivity index (χ1n) is 9.59. The number of halogens is 3. The highest BCUT2D eigenvalue weighted by atomic mass is 32.2.